The summed E-state index contributed by atoms with van der Waals surface area (Å²) in [6, 6.07) is 4.53. The molecule has 10 heteroatoms. The number of halogens is 5. The summed E-state index contributed by atoms with van der Waals surface area (Å²) < 4.78 is 75.1. The summed E-state index contributed by atoms with van der Waals surface area (Å²) in [5.41, 5.74) is 0. The van der Waals surface area contributed by atoms with E-state index in [-0.39, 0.29) is 29.6 Å². The van der Waals surface area contributed by atoms with Gasteiger partial charge in [-0.25, -0.2) is 0 Å². The van der Waals surface area contributed by atoms with E-state index in [1.54, 1.807) is 0 Å². The topological polar surface area (TPSA) is 49.4 Å². The number of alkyl halides is 4. The Bertz CT molecular complexity index is 429. The molecule has 0 N–H and O–H groups in total. The zero-order valence-electron chi connectivity index (χ0n) is 8.83. The van der Waals surface area contributed by atoms with Gasteiger partial charge in [0, 0.05) is 15.6 Å². The largest absolute Gasteiger partial charge is 1.00 e. The molecule has 1 aromatic rings. The van der Waals surface area contributed by atoms with Gasteiger partial charge in [0.1, 0.15) is 5.75 Å². The second kappa shape index (κ2) is 6.67. The first kappa shape index (κ1) is 18.3. The molecule has 3 nitrogen and oxygen atoms in total. The molecule has 1 atom stereocenters. The second-order valence-corrected chi connectivity index (χ2v) is 4.72. The van der Waals surface area contributed by atoms with Crippen LogP contribution in [0.5, 0.6) is 5.75 Å². The Morgan fingerprint density at radius 1 is 1.17 bits per heavy atom. The first-order chi connectivity index (χ1) is 7.67. The van der Waals surface area contributed by atoms with Gasteiger partial charge in [-0.3, -0.25) is 4.21 Å². The monoisotopic (exact) mass is 358 g/mol. The molecule has 1 unspecified atom stereocenters. The Morgan fingerprint density at radius 2 is 1.61 bits per heavy atom. The van der Waals surface area contributed by atoms with E-state index in [1.165, 1.54) is 12.1 Å². The van der Waals surface area contributed by atoms with Gasteiger partial charge in [0.2, 0.25) is 0 Å². The molecule has 0 amide bonds. The fourth-order valence-corrected chi connectivity index (χ4v) is 1.31. The van der Waals surface area contributed by atoms with Gasteiger partial charge in [-0.2, -0.15) is 17.6 Å². The van der Waals surface area contributed by atoms with Crippen LogP contribution in [0.1, 0.15) is 0 Å². The van der Waals surface area contributed by atoms with E-state index in [9.17, 15) is 26.3 Å². The van der Waals surface area contributed by atoms with E-state index >= 15 is 0 Å². The minimum atomic E-state index is -5.31. The van der Waals surface area contributed by atoms with Crippen LogP contribution in [-0.2, 0) is 11.1 Å². The van der Waals surface area contributed by atoms with Gasteiger partial charge < -0.3 is 9.29 Å². The normalized spacial score (nSPS) is 13.7. The maximum Gasteiger partial charge on any atom is 1.00 e. The Labute approximate surface area is 133 Å². The van der Waals surface area contributed by atoms with Gasteiger partial charge in [-0.05, 0) is 24.3 Å². The van der Waals surface area contributed by atoms with Crippen molar-refractivity contribution in [3.8, 4) is 5.75 Å². The van der Waals surface area contributed by atoms with E-state index in [0.29, 0.717) is 4.47 Å². The summed E-state index contributed by atoms with van der Waals surface area (Å²) in [4.78, 5) is 0. The molecule has 0 saturated carbocycles. The van der Waals surface area contributed by atoms with E-state index in [2.05, 4.69) is 20.7 Å². The van der Waals surface area contributed by atoms with Gasteiger partial charge in [-0.15, -0.1) is 0 Å². The van der Waals surface area contributed by atoms with Crippen LogP contribution in [0.25, 0.3) is 0 Å². The third kappa shape index (κ3) is 4.17. The zero-order valence-corrected chi connectivity index (χ0v) is 13.2. The Kier molecular flexibility index (Phi) is 6.79. The van der Waals surface area contributed by atoms with Gasteiger partial charge in [0.05, 0.1) is 0 Å². The summed E-state index contributed by atoms with van der Waals surface area (Å²) in [6.45, 7) is 0. The fourth-order valence-electron chi connectivity index (χ4n) is 0.807. The maximum atomic E-state index is 12.9. The molecule has 1 aromatic carbocycles. The summed E-state index contributed by atoms with van der Waals surface area (Å²) in [7, 11) is 0. The van der Waals surface area contributed by atoms with Crippen LogP contribution in [-0.4, -0.2) is 20.1 Å². The molecular formula is C8H4BrF4NaO3S. The smallest absolute Gasteiger partial charge is 0.768 e. The van der Waals surface area contributed by atoms with Crippen LogP contribution in [0, 0.1) is 0 Å². The first-order valence-electron chi connectivity index (χ1n) is 3.96. The summed E-state index contributed by atoms with van der Waals surface area (Å²) in [6.07, 6.45) is -5.15. The fraction of sp³-hybridized carbons (Fsp3) is 0.250. The Morgan fingerprint density at radius 3 is 2.00 bits per heavy atom. The predicted molar refractivity (Wildman–Crippen MR) is 53.6 cm³/mol. The van der Waals surface area contributed by atoms with Crippen LogP contribution in [0.2, 0.25) is 0 Å². The minimum absolute atomic E-state index is 0. The molecule has 0 aliphatic carbocycles. The number of hydrogen-bond acceptors (Lipinski definition) is 3. The molecule has 96 valence electrons. The average Bonchev–Trinajstić information content (AvgIpc) is 2.20. The first-order valence-corrected chi connectivity index (χ1v) is 5.83. The summed E-state index contributed by atoms with van der Waals surface area (Å²) >= 11 is -1.29. The average molecular weight is 359 g/mol. The van der Waals surface area contributed by atoms with Crippen molar-refractivity contribution in [3.63, 3.8) is 0 Å². The molecule has 0 aliphatic rings. The standard InChI is InChI=1S/C8H5BrF4O3S.Na/c9-5-1-3-6(4-2-5)16-7(10,11)8(12,13)17(14)15;/h1-4H,(H,14,15);/q;+1/p-1. The molecular weight excluding hydrogens is 355 g/mol. The van der Waals surface area contributed by atoms with Crippen LogP contribution >= 0.6 is 15.9 Å². The van der Waals surface area contributed by atoms with Crippen LogP contribution in [0.3, 0.4) is 0 Å². The molecule has 0 aliphatic heterocycles. The Hall–Kier alpha value is 0.330. The summed E-state index contributed by atoms with van der Waals surface area (Å²) in [5, 5.41) is -5.31. The third-order valence-corrected chi connectivity index (χ3v) is 2.79. The maximum absolute atomic E-state index is 12.9. The molecule has 0 aromatic heterocycles. The van der Waals surface area contributed by atoms with Crippen molar-refractivity contribution in [1.82, 2.24) is 0 Å². The van der Waals surface area contributed by atoms with Crippen molar-refractivity contribution < 1.29 is 60.6 Å². The molecule has 18 heavy (non-hydrogen) atoms. The van der Waals surface area contributed by atoms with Crippen LogP contribution in [0.15, 0.2) is 28.7 Å². The molecule has 0 bridgehead atoms. The van der Waals surface area contributed by atoms with Crippen LogP contribution < -0.4 is 34.3 Å². The van der Waals surface area contributed by atoms with E-state index in [4.69, 9.17) is 0 Å². The van der Waals surface area contributed by atoms with Crippen molar-refractivity contribution in [2.75, 3.05) is 0 Å². The van der Waals surface area contributed by atoms with Crippen molar-refractivity contribution >= 4 is 27.0 Å². The zero-order chi connectivity index (χ0) is 13.3. The predicted octanol–water partition coefficient (Wildman–Crippen LogP) is -0.103. The van der Waals surface area contributed by atoms with E-state index in [1.807, 2.05) is 0 Å². The van der Waals surface area contributed by atoms with Crippen molar-refractivity contribution in [1.29, 1.82) is 0 Å². The van der Waals surface area contributed by atoms with E-state index < -0.39 is 28.2 Å². The molecule has 0 radical (unpaired) electrons. The molecule has 0 saturated heterocycles. The van der Waals surface area contributed by atoms with E-state index in [0.717, 1.165) is 12.1 Å². The second-order valence-electron chi connectivity index (χ2n) is 2.82. The number of rotatable bonds is 4. The van der Waals surface area contributed by atoms with Crippen LogP contribution in [0.4, 0.5) is 17.6 Å². The van der Waals surface area contributed by atoms with Gasteiger partial charge >= 0.3 is 40.9 Å². The molecule has 0 spiro atoms. The van der Waals surface area contributed by atoms with Crippen molar-refractivity contribution in [2.45, 2.75) is 11.4 Å². The SMILES string of the molecule is O=S([O-])C(F)(F)C(F)(F)Oc1ccc(Br)cc1.[Na+]. The number of benzene rings is 1. The van der Waals surface area contributed by atoms with Crippen molar-refractivity contribution in [3.05, 3.63) is 28.7 Å². The van der Waals surface area contributed by atoms with Crippen molar-refractivity contribution in [2.24, 2.45) is 0 Å². The van der Waals surface area contributed by atoms with Gasteiger partial charge in [0.25, 0.3) is 0 Å². The number of hydrogen-bond donors (Lipinski definition) is 0. The minimum Gasteiger partial charge on any atom is -0.768 e. The van der Waals surface area contributed by atoms with Gasteiger partial charge in [-0.1, -0.05) is 15.9 Å². The van der Waals surface area contributed by atoms with Gasteiger partial charge in [0.15, 0.2) is 0 Å². The molecule has 0 heterocycles. The third-order valence-electron chi connectivity index (χ3n) is 1.61. The quantitative estimate of drug-likeness (QED) is 0.429. The molecule has 0 fully saturated rings. The summed E-state index contributed by atoms with van der Waals surface area (Å²) in [5.74, 6) is -0.580. The Balaban J connectivity index is 0.00000289. The molecule has 1 rings (SSSR count). The number of ether oxygens (including phenoxy) is 1.